The molecule has 0 radical (unpaired) electrons. The molecule has 2 N–H and O–H groups in total. The third-order valence-electron chi connectivity index (χ3n) is 4.88. The number of fused-ring (bicyclic) bond motifs is 2. The van der Waals surface area contributed by atoms with Gasteiger partial charge in [0.1, 0.15) is 11.9 Å². The van der Waals surface area contributed by atoms with E-state index in [4.69, 9.17) is 16.3 Å². The van der Waals surface area contributed by atoms with Crippen molar-refractivity contribution >= 4 is 34.3 Å². The van der Waals surface area contributed by atoms with Gasteiger partial charge in [0.25, 0.3) is 5.88 Å². The van der Waals surface area contributed by atoms with Gasteiger partial charge in [0, 0.05) is 19.2 Å². The summed E-state index contributed by atoms with van der Waals surface area (Å²) in [4.78, 5) is 8.77. The van der Waals surface area contributed by atoms with Crippen molar-refractivity contribution in [1.82, 2.24) is 29.9 Å². The first-order valence-electron chi connectivity index (χ1n) is 9.59. The zero-order chi connectivity index (χ0) is 19.5. The van der Waals surface area contributed by atoms with Gasteiger partial charge in [0.05, 0.1) is 17.7 Å². The lowest BCUT2D eigenvalue weighted by molar-refractivity contribution is 0.251. The van der Waals surface area contributed by atoms with Crippen LogP contribution in [0.25, 0.3) is 11.0 Å². The summed E-state index contributed by atoms with van der Waals surface area (Å²) in [5, 5.41) is 15.6. The van der Waals surface area contributed by atoms with E-state index in [-0.39, 0.29) is 0 Å². The molecule has 1 aliphatic carbocycles. The second-order valence-electron chi connectivity index (χ2n) is 7.04. The Hall–Kier alpha value is -2.42. The molecular weight excluding hydrogens is 385 g/mol. The Balaban J connectivity index is 0.000000233. The Bertz CT molecular complexity index is 951. The van der Waals surface area contributed by atoms with Crippen molar-refractivity contribution in [1.29, 1.82) is 0 Å². The largest absolute Gasteiger partial charge is 0.475 e. The standard InChI is InChI=1S/C12H12ClN7O.C6H11F/c1-6-8-11(18-17-6)21-4-2-3-20-10-7(9(13)19-20)5-14-12(15-8)16-10;7-6-4-2-1-3-5-6/h5H,2-4H2,1H3,(H,17,18)(H,14,15,16);6H,1-5H2. The number of aryl methyl sites for hydroxylation is 2. The highest BCUT2D eigenvalue weighted by molar-refractivity contribution is 6.34. The number of rotatable bonds is 0. The van der Waals surface area contributed by atoms with Crippen LogP contribution in [0.5, 0.6) is 5.88 Å². The fourth-order valence-electron chi connectivity index (χ4n) is 3.34. The molecule has 2 bridgehead atoms. The summed E-state index contributed by atoms with van der Waals surface area (Å²) >= 11 is 6.11. The van der Waals surface area contributed by atoms with Gasteiger partial charge in [0.2, 0.25) is 5.95 Å². The van der Waals surface area contributed by atoms with Gasteiger partial charge < -0.3 is 10.1 Å². The van der Waals surface area contributed by atoms with Gasteiger partial charge in [0.15, 0.2) is 10.8 Å². The van der Waals surface area contributed by atoms with Gasteiger partial charge in [-0.25, -0.2) is 14.1 Å². The number of anilines is 2. The minimum absolute atomic E-state index is 0.412. The molecule has 5 rings (SSSR count). The van der Waals surface area contributed by atoms with E-state index in [1.165, 1.54) is 6.42 Å². The van der Waals surface area contributed by atoms with Crippen molar-refractivity contribution in [3.63, 3.8) is 0 Å². The topological polar surface area (TPSA) is 93.5 Å². The van der Waals surface area contributed by atoms with Crippen LogP contribution in [0, 0.1) is 6.92 Å². The number of alkyl halides is 1. The molecule has 1 fully saturated rings. The van der Waals surface area contributed by atoms with Crippen LogP contribution in [0.15, 0.2) is 6.20 Å². The number of aromatic nitrogens is 6. The highest BCUT2D eigenvalue weighted by atomic mass is 35.5. The van der Waals surface area contributed by atoms with E-state index in [0.717, 1.165) is 48.9 Å². The van der Waals surface area contributed by atoms with E-state index in [9.17, 15) is 4.39 Å². The molecule has 3 aromatic rings. The van der Waals surface area contributed by atoms with Crippen LogP contribution in [0.1, 0.15) is 44.2 Å². The molecule has 28 heavy (non-hydrogen) atoms. The van der Waals surface area contributed by atoms with Crippen molar-refractivity contribution in [2.75, 3.05) is 11.9 Å². The molecule has 10 heteroatoms. The van der Waals surface area contributed by atoms with E-state index in [1.807, 2.05) is 6.92 Å². The number of H-pyrrole nitrogens is 1. The molecule has 0 spiro atoms. The minimum atomic E-state index is -0.464. The number of hydrogen-bond acceptors (Lipinski definition) is 6. The minimum Gasteiger partial charge on any atom is -0.475 e. The summed E-state index contributed by atoms with van der Waals surface area (Å²) in [5.74, 6) is 0.977. The number of nitrogens with one attached hydrogen (secondary N) is 2. The summed E-state index contributed by atoms with van der Waals surface area (Å²) in [6.45, 7) is 3.10. The van der Waals surface area contributed by atoms with Crippen LogP contribution < -0.4 is 10.1 Å². The fraction of sp³-hybridized carbons (Fsp3) is 0.556. The zero-order valence-electron chi connectivity index (χ0n) is 15.7. The monoisotopic (exact) mass is 407 g/mol. The van der Waals surface area contributed by atoms with Gasteiger partial charge in [-0.05, 0) is 19.8 Å². The van der Waals surface area contributed by atoms with E-state index in [2.05, 4.69) is 30.6 Å². The van der Waals surface area contributed by atoms with Gasteiger partial charge in [-0.2, -0.15) is 10.1 Å². The molecule has 0 amide bonds. The smallest absolute Gasteiger partial charge is 0.256 e. The Morgan fingerprint density at radius 3 is 2.82 bits per heavy atom. The average molecular weight is 408 g/mol. The van der Waals surface area contributed by atoms with Gasteiger partial charge >= 0.3 is 0 Å². The molecule has 8 nitrogen and oxygen atoms in total. The number of hydrogen-bond donors (Lipinski definition) is 2. The molecule has 0 aromatic carbocycles. The zero-order valence-corrected chi connectivity index (χ0v) is 16.5. The second-order valence-corrected chi connectivity index (χ2v) is 7.39. The summed E-state index contributed by atoms with van der Waals surface area (Å²) in [5.41, 5.74) is 2.31. The van der Waals surface area contributed by atoms with Gasteiger partial charge in [-0.3, -0.25) is 5.10 Å². The van der Waals surface area contributed by atoms with Crippen molar-refractivity contribution in [3.8, 4) is 5.88 Å². The molecule has 0 saturated heterocycles. The Morgan fingerprint density at radius 2 is 2.07 bits per heavy atom. The molecule has 150 valence electrons. The first kappa shape index (κ1) is 18.9. The van der Waals surface area contributed by atoms with Crippen LogP contribution in [0.4, 0.5) is 16.0 Å². The van der Waals surface area contributed by atoms with E-state index < -0.39 is 6.17 Å². The average Bonchev–Trinajstić information content (AvgIpc) is 3.19. The molecule has 4 heterocycles. The summed E-state index contributed by atoms with van der Waals surface area (Å²) in [6, 6.07) is 0. The lowest BCUT2D eigenvalue weighted by Gasteiger charge is -2.12. The molecule has 2 aliphatic rings. The quantitative estimate of drug-likeness (QED) is 0.576. The summed E-state index contributed by atoms with van der Waals surface area (Å²) in [7, 11) is 0. The SMILES string of the molecule is Cc1[nH]nc2c1Nc1ncc3c(Cl)nn(c3n1)CCCO2.FC1CCCCC1. The fourth-order valence-corrected chi connectivity index (χ4v) is 3.57. The predicted octanol–water partition coefficient (Wildman–Crippen LogP) is 4.33. The van der Waals surface area contributed by atoms with Crippen LogP contribution in [-0.4, -0.2) is 42.7 Å². The van der Waals surface area contributed by atoms with Crippen LogP contribution in [0.2, 0.25) is 5.15 Å². The number of aromatic amines is 1. The van der Waals surface area contributed by atoms with Crippen molar-refractivity contribution in [2.45, 2.75) is 58.2 Å². The number of nitrogens with zero attached hydrogens (tertiary/aromatic N) is 5. The maximum absolute atomic E-state index is 12.2. The van der Waals surface area contributed by atoms with Crippen LogP contribution >= 0.6 is 11.6 Å². The highest BCUT2D eigenvalue weighted by Crippen LogP contribution is 2.29. The summed E-state index contributed by atoms with van der Waals surface area (Å²) in [6.07, 6.45) is 7.10. The first-order chi connectivity index (χ1) is 13.6. The molecule has 0 atom stereocenters. The van der Waals surface area contributed by atoms with E-state index in [1.54, 1.807) is 10.9 Å². The molecule has 1 aliphatic heterocycles. The molecule has 0 unspecified atom stereocenters. The first-order valence-corrected chi connectivity index (χ1v) is 9.97. The Morgan fingerprint density at radius 1 is 1.25 bits per heavy atom. The molecule has 3 aromatic heterocycles. The maximum atomic E-state index is 12.2. The highest BCUT2D eigenvalue weighted by Gasteiger charge is 2.17. The summed E-state index contributed by atoms with van der Waals surface area (Å²) < 4.78 is 19.6. The Kier molecular flexibility index (Phi) is 5.61. The van der Waals surface area contributed by atoms with Crippen molar-refractivity contribution in [3.05, 3.63) is 17.0 Å². The van der Waals surface area contributed by atoms with Gasteiger partial charge in [-0.1, -0.05) is 30.9 Å². The molecular formula is C18H23ClFN7O. The van der Waals surface area contributed by atoms with Crippen molar-refractivity contribution < 1.29 is 9.13 Å². The van der Waals surface area contributed by atoms with E-state index >= 15 is 0 Å². The van der Waals surface area contributed by atoms with Crippen LogP contribution in [0.3, 0.4) is 0 Å². The van der Waals surface area contributed by atoms with Crippen molar-refractivity contribution in [2.24, 2.45) is 0 Å². The third kappa shape index (κ3) is 4.04. The third-order valence-corrected chi connectivity index (χ3v) is 5.16. The molecule has 1 saturated carbocycles. The van der Waals surface area contributed by atoms with Gasteiger partial charge in [-0.15, -0.1) is 5.10 Å². The Labute approximate surface area is 166 Å². The second kappa shape index (κ2) is 8.30. The lowest BCUT2D eigenvalue weighted by atomic mass is 9.99. The normalized spacial score (nSPS) is 17.1. The van der Waals surface area contributed by atoms with Crippen LogP contribution in [-0.2, 0) is 6.54 Å². The maximum Gasteiger partial charge on any atom is 0.256 e. The predicted molar refractivity (Wildman–Crippen MR) is 105 cm³/mol. The van der Waals surface area contributed by atoms with E-state index in [0.29, 0.717) is 35.8 Å². The lowest BCUT2D eigenvalue weighted by Crippen LogP contribution is -2.06. The number of ether oxygens (including phenoxy) is 1. The number of halogens is 2.